The Balaban J connectivity index is 1.82. The van der Waals surface area contributed by atoms with Crippen molar-refractivity contribution in [1.29, 1.82) is 0 Å². The fraction of sp³-hybridized carbons (Fsp3) is 0.462. The van der Waals surface area contributed by atoms with E-state index in [-0.39, 0.29) is 6.04 Å². The zero-order valence-electron chi connectivity index (χ0n) is 10.6. The van der Waals surface area contributed by atoms with E-state index < -0.39 is 11.9 Å². The first-order chi connectivity index (χ1) is 9.52. The molecule has 2 N–H and O–H groups in total. The molecule has 1 aliphatic heterocycles. The molecule has 0 bridgehead atoms. The highest BCUT2D eigenvalue weighted by molar-refractivity contribution is 5.82. The van der Waals surface area contributed by atoms with Gasteiger partial charge in [-0.25, -0.2) is 4.98 Å². The van der Waals surface area contributed by atoms with Crippen LogP contribution in [0.5, 0.6) is 0 Å². The van der Waals surface area contributed by atoms with Crippen LogP contribution in [0.4, 0.5) is 19.0 Å². The van der Waals surface area contributed by atoms with Crippen LogP contribution < -0.4 is 5.32 Å². The van der Waals surface area contributed by atoms with Crippen molar-refractivity contribution in [3.8, 4) is 0 Å². The molecule has 7 heteroatoms. The lowest BCUT2D eigenvalue weighted by Gasteiger charge is -2.23. The lowest BCUT2D eigenvalue weighted by Crippen LogP contribution is -2.28. The second-order valence-electron chi connectivity index (χ2n) is 4.87. The average molecular weight is 285 g/mol. The second kappa shape index (κ2) is 4.97. The van der Waals surface area contributed by atoms with Gasteiger partial charge in [0.05, 0.1) is 5.52 Å². The molecule has 2 aromatic heterocycles. The molecule has 2 aromatic rings. The third-order valence-corrected chi connectivity index (χ3v) is 3.38. The SMILES string of the molecule is FC(F)(F)c1cc2cnc(NC3CCOCC3)cc2[nH]1. The topological polar surface area (TPSA) is 49.9 Å². The molecule has 0 aromatic carbocycles. The number of alkyl halides is 3. The molecule has 4 nitrogen and oxygen atoms in total. The van der Waals surface area contributed by atoms with Crippen molar-refractivity contribution in [3.63, 3.8) is 0 Å². The van der Waals surface area contributed by atoms with Gasteiger partial charge in [0.25, 0.3) is 0 Å². The maximum Gasteiger partial charge on any atom is 0.431 e. The number of nitrogens with one attached hydrogen (secondary N) is 2. The monoisotopic (exact) mass is 285 g/mol. The molecule has 0 aliphatic carbocycles. The van der Waals surface area contributed by atoms with Gasteiger partial charge in [0.2, 0.25) is 0 Å². The van der Waals surface area contributed by atoms with Gasteiger partial charge in [-0.2, -0.15) is 13.2 Å². The number of fused-ring (bicyclic) bond motifs is 1. The second-order valence-corrected chi connectivity index (χ2v) is 4.87. The molecule has 0 radical (unpaired) electrons. The molecule has 1 saturated heterocycles. The number of aromatic amines is 1. The Labute approximate surface area is 113 Å². The molecule has 0 amide bonds. The van der Waals surface area contributed by atoms with Gasteiger partial charge in [-0.1, -0.05) is 0 Å². The first kappa shape index (κ1) is 13.2. The van der Waals surface area contributed by atoms with E-state index in [1.54, 1.807) is 6.07 Å². The van der Waals surface area contributed by atoms with Crippen LogP contribution in [0.1, 0.15) is 18.5 Å². The highest BCUT2D eigenvalue weighted by atomic mass is 19.4. The summed E-state index contributed by atoms with van der Waals surface area (Å²) in [7, 11) is 0. The number of hydrogen-bond acceptors (Lipinski definition) is 3. The van der Waals surface area contributed by atoms with Crippen molar-refractivity contribution in [2.75, 3.05) is 18.5 Å². The van der Waals surface area contributed by atoms with E-state index in [2.05, 4.69) is 15.3 Å². The van der Waals surface area contributed by atoms with Crippen molar-refractivity contribution in [3.05, 3.63) is 24.0 Å². The average Bonchev–Trinajstić information content (AvgIpc) is 2.83. The predicted octanol–water partition coefficient (Wildman–Crippen LogP) is 3.17. The van der Waals surface area contributed by atoms with Crippen LogP contribution in [-0.2, 0) is 10.9 Å². The van der Waals surface area contributed by atoms with Gasteiger partial charge < -0.3 is 15.0 Å². The summed E-state index contributed by atoms with van der Waals surface area (Å²) in [4.78, 5) is 6.54. The van der Waals surface area contributed by atoms with Crippen LogP contribution in [0, 0.1) is 0 Å². The van der Waals surface area contributed by atoms with E-state index in [1.807, 2.05) is 0 Å². The van der Waals surface area contributed by atoms with Crippen molar-refractivity contribution in [2.24, 2.45) is 0 Å². The van der Waals surface area contributed by atoms with Gasteiger partial charge in [-0.15, -0.1) is 0 Å². The van der Waals surface area contributed by atoms with Gasteiger partial charge >= 0.3 is 6.18 Å². The minimum absolute atomic E-state index is 0.255. The van der Waals surface area contributed by atoms with Gasteiger partial charge in [-0.3, -0.25) is 0 Å². The van der Waals surface area contributed by atoms with Crippen LogP contribution in [0.15, 0.2) is 18.3 Å². The summed E-state index contributed by atoms with van der Waals surface area (Å²) in [6.45, 7) is 1.39. The maximum absolute atomic E-state index is 12.6. The van der Waals surface area contributed by atoms with E-state index >= 15 is 0 Å². The van der Waals surface area contributed by atoms with E-state index in [4.69, 9.17) is 4.74 Å². The van der Waals surface area contributed by atoms with Crippen LogP contribution in [0.25, 0.3) is 10.9 Å². The zero-order chi connectivity index (χ0) is 14.2. The summed E-state index contributed by atoms with van der Waals surface area (Å²) in [5.74, 6) is 0.583. The number of rotatable bonds is 2. The number of hydrogen-bond donors (Lipinski definition) is 2. The van der Waals surface area contributed by atoms with Gasteiger partial charge in [-0.05, 0) is 18.9 Å². The fourth-order valence-electron chi connectivity index (χ4n) is 2.31. The Morgan fingerprint density at radius 1 is 1.25 bits per heavy atom. The quantitative estimate of drug-likeness (QED) is 0.891. The number of aromatic nitrogens is 2. The highest BCUT2D eigenvalue weighted by Crippen LogP contribution is 2.31. The summed E-state index contributed by atoms with van der Waals surface area (Å²) in [5.41, 5.74) is -0.320. The van der Waals surface area contributed by atoms with Crippen molar-refractivity contribution in [1.82, 2.24) is 9.97 Å². The summed E-state index contributed by atoms with van der Waals surface area (Å²) >= 11 is 0. The number of anilines is 1. The van der Waals surface area contributed by atoms with E-state index in [0.717, 1.165) is 18.9 Å². The first-order valence-corrected chi connectivity index (χ1v) is 6.42. The smallest absolute Gasteiger partial charge is 0.381 e. The lowest BCUT2D eigenvalue weighted by molar-refractivity contribution is -0.140. The van der Waals surface area contributed by atoms with E-state index in [0.29, 0.717) is 29.9 Å². The number of halogens is 3. The van der Waals surface area contributed by atoms with Crippen molar-refractivity contribution >= 4 is 16.7 Å². The Kier molecular flexibility index (Phi) is 3.29. The number of nitrogens with zero attached hydrogens (tertiary/aromatic N) is 1. The largest absolute Gasteiger partial charge is 0.431 e. The Bertz CT molecular complexity index is 602. The van der Waals surface area contributed by atoms with Crippen LogP contribution in [-0.4, -0.2) is 29.2 Å². The molecule has 3 heterocycles. The molecule has 1 fully saturated rings. The van der Waals surface area contributed by atoms with Crippen molar-refractivity contribution in [2.45, 2.75) is 25.1 Å². The van der Waals surface area contributed by atoms with E-state index in [9.17, 15) is 13.2 Å². The molecular weight excluding hydrogens is 271 g/mol. The zero-order valence-corrected chi connectivity index (χ0v) is 10.6. The number of pyridine rings is 1. The molecule has 0 atom stereocenters. The lowest BCUT2D eigenvalue weighted by atomic mass is 10.1. The predicted molar refractivity (Wildman–Crippen MR) is 68.6 cm³/mol. The van der Waals surface area contributed by atoms with E-state index in [1.165, 1.54) is 6.20 Å². The molecule has 1 aliphatic rings. The maximum atomic E-state index is 12.6. The third-order valence-electron chi connectivity index (χ3n) is 3.38. The summed E-state index contributed by atoms with van der Waals surface area (Å²) < 4.78 is 43.1. The van der Waals surface area contributed by atoms with Crippen LogP contribution in [0.2, 0.25) is 0 Å². The standard InChI is InChI=1S/C13H14F3N3O/c14-13(15,16)11-5-8-7-17-12(6-10(8)19-11)18-9-1-3-20-4-2-9/h5-7,9,19H,1-4H2,(H,17,18). The van der Waals surface area contributed by atoms with Gasteiger partial charge in [0.15, 0.2) is 0 Å². The molecule has 108 valence electrons. The minimum Gasteiger partial charge on any atom is -0.381 e. The molecule has 20 heavy (non-hydrogen) atoms. The molecule has 3 rings (SSSR count). The highest BCUT2D eigenvalue weighted by Gasteiger charge is 2.32. The van der Waals surface area contributed by atoms with Crippen LogP contribution in [0.3, 0.4) is 0 Å². The van der Waals surface area contributed by atoms with Gasteiger partial charge in [0, 0.05) is 36.9 Å². The summed E-state index contributed by atoms with van der Waals surface area (Å²) in [6, 6.07) is 2.94. The molecular formula is C13H14F3N3O. The first-order valence-electron chi connectivity index (χ1n) is 6.42. The van der Waals surface area contributed by atoms with Crippen molar-refractivity contribution < 1.29 is 17.9 Å². The fourth-order valence-corrected chi connectivity index (χ4v) is 2.31. The molecule has 0 unspecified atom stereocenters. The number of ether oxygens (including phenoxy) is 1. The molecule has 0 saturated carbocycles. The molecule has 0 spiro atoms. The van der Waals surface area contributed by atoms with Gasteiger partial charge in [0.1, 0.15) is 11.5 Å². The Hall–Kier alpha value is -1.76. The Morgan fingerprint density at radius 2 is 2.00 bits per heavy atom. The summed E-state index contributed by atoms with van der Waals surface area (Å²) in [6.07, 6.45) is -1.17. The van der Waals surface area contributed by atoms with Crippen LogP contribution >= 0.6 is 0 Å². The summed E-state index contributed by atoms with van der Waals surface area (Å²) in [5, 5.41) is 3.68. The normalized spacial score (nSPS) is 17.6. The third kappa shape index (κ3) is 2.72. The Morgan fingerprint density at radius 3 is 2.70 bits per heavy atom. The minimum atomic E-state index is -4.37. The number of H-pyrrole nitrogens is 1.